The third-order valence-electron chi connectivity index (χ3n) is 3.90. The number of carboxylic acid groups (broad SMARTS) is 2. The smallest absolute Gasteiger partial charge is 0.451 e. The van der Waals surface area contributed by atoms with Crippen LogP contribution >= 0.6 is 0 Å². The van der Waals surface area contributed by atoms with Crippen LogP contribution in [0.4, 0.5) is 0 Å². The fourth-order valence-corrected chi connectivity index (χ4v) is 2.38. The zero-order valence-electron chi connectivity index (χ0n) is 13.9. The van der Waals surface area contributed by atoms with E-state index in [0.717, 1.165) is 0 Å². The van der Waals surface area contributed by atoms with Gasteiger partial charge < -0.3 is 30.7 Å². The fraction of sp³-hybridized carbons (Fsp3) is 0.500. The predicted molar refractivity (Wildman–Crippen MR) is 91.5 cm³/mol. The average molecular weight is 353 g/mol. The van der Waals surface area contributed by atoms with Crippen LogP contribution in [0.1, 0.15) is 42.5 Å². The molecule has 0 aromatic heterocycles. The van der Waals surface area contributed by atoms with E-state index in [4.69, 9.17) is 25.6 Å². The normalized spacial score (nSPS) is 13.1. The number of aromatic carboxylic acids is 1. The highest BCUT2D eigenvalue weighted by Gasteiger charge is 2.32. The Kier molecular flexibility index (Phi) is 8.40. The molecule has 0 saturated carbocycles. The van der Waals surface area contributed by atoms with E-state index < -0.39 is 24.6 Å². The molecule has 8 nitrogen and oxygen atoms in total. The number of aliphatic carboxylic acids is 1. The maximum atomic E-state index is 11.4. The van der Waals surface area contributed by atoms with Gasteiger partial charge in [0.25, 0.3) is 0 Å². The van der Waals surface area contributed by atoms with E-state index in [2.05, 4.69) is 0 Å². The Balaban J connectivity index is 2.39. The Morgan fingerprint density at radius 2 is 1.64 bits per heavy atom. The van der Waals surface area contributed by atoms with Crippen molar-refractivity contribution in [2.24, 2.45) is 5.73 Å². The van der Waals surface area contributed by atoms with Gasteiger partial charge in [0, 0.05) is 0 Å². The minimum Gasteiger partial charge on any atom is -0.494 e. The molecule has 0 radical (unpaired) electrons. The number of hydrogen-bond donors (Lipinski definition) is 5. The third kappa shape index (κ3) is 7.55. The number of benzene rings is 1. The molecule has 0 aliphatic carbocycles. The van der Waals surface area contributed by atoms with Crippen molar-refractivity contribution in [3.8, 4) is 5.75 Å². The van der Waals surface area contributed by atoms with Crippen molar-refractivity contribution in [3.05, 3.63) is 29.8 Å². The minimum absolute atomic E-state index is 0.159. The topological polar surface area (TPSA) is 150 Å². The number of ether oxygens (including phenoxy) is 1. The molecule has 0 heterocycles. The number of unbranched alkanes of at least 4 members (excludes halogenated alkanes) is 1. The van der Waals surface area contributed by atoms with Crippen LogP contribution in [0, 0.1) is 0 Å². The Hall–Kier alpha value is -2.10. The molecule has 0 amide bonds. The summed E-state index contributed by atoms with van der Waals surface area (Å²) in [6, 6.07) is 5.93. The van der Waals surface area contributed by atoms with E-state index in [1.165, 1.54) is 24.3 Å². The number of hydrogen-bond acceptors (Lipinski definition) is 6. The quantitative estimate of drug-likeness (QED) is 0.275. The van der Waals surface area contributed by atoms with Crippen molar-refractivity contribution < 1.29 is 34.6 Å². The van der Waals surface area contributed by atoms with Crippen LogP contribution in [-0.4, -0.2) is 51.5 Å². The summed E-state index contributed by atoms with van der Waals surface area (Å²) in [4.78, 5) is 22.1. The van der Waals surface area contributed by atoms with Crippen LogP contribution in [0.5, 0.6) is 5.75 Å². The highest BCUT2D eigenvalue weighted by atomic mass is 16.5. The molecule has 0 spiro atoms. The Morgan fingerprint density at radius 1 is 1.04 bits per heavy atom. The molecule has 1 rings (SSSR count). The van der Waals surface area contributed by atoms with Crippen LogP contribution in [-0.2, 0) is 4.79 Å². The lowest BCUT2D eigenvalue weighted by Gasteiger charge is -2.24. The lowest BCUT2D eigenvalue weighted by Crippen LogP contribution is -2.48. The summed E-state index contributed by atoms with van der Waals surface area (Å²) in [5.74, 6) is -1.61. The Morgan fingerprint density at radius 3 is 2.16 bits per heavy atom. The van der Waals surface area contributed by atoms with Crippen LogP contribution in [0.3, 0.4) is 0 Å². The molecule has 9 heteroatoms. The van der Waals surface area contributed by atoms with Crippen molar-refractivity contribution in [2.75, 3.05) is 6.61 Å². The summed E-state index contributed by atoms with van der Waals surface area (Å²) in [6.07, 6.45) is 2.03. The van der Waals surface area contributed by atoms with Gasteiger partial charge in [0.05, 0.1) is 12.2 Å². The highest BCUT2D eigenvalue weighted by Crippen LogP contribution is 2.20. The van der Waals surface area contributed by atoms with E-state index >= 15 is 0 Å². The summed E-state index contributed by atoms with van der Waals surface area (Å²) in [5, 5.41) is 35.7. The van der Waals surface area contributed by atoms with Gasteiger partial charge >= 0.3 is 19.1 Å². The van der Waals surface area contributed by atoms with Crippen LogP contribution < -0.4 is 10.5 Å². The fourth-order valence-electron chi connectivity index (χ4n) is 2.38. The van der Waals surface area contributed by atoms with E-state index in [-0.39, 0.29) is 31.3 Å². The number of carboxylic acids is 2. The second-order valence-electron chi connectivity index (χ2n) is 5.97. The molecule has 0 aliphatic rings. The molecule has 0 bridgehead atoms. The molecule has 0 aliphatic heterocycles. The molecule has 0 fully saturated rings. The SMILES string of the molecule is NC(CCCCB(O)O)(CCCOc1ccc(C(=O)O)cc1)C(=O)O. The Bertz CT molecular complexity index is 564. The first-order valence-electron chi connectivity index (χ1n) is 8.09. The summed E-state index contributed by atoms with van der Waals surface area (Å²) >= 11 is 0. The maximum Gasteiger partial charge on any atom is 0.451 e. The first-order chi connectivity index (χ1) is 11.7. The van der Waals surface area contributed by atoms with E-state index in [0.29, 0.717) is 25.0 Å². The molecule has 6 N–H and O–H groups in total. The standard InChI is InChI=1S/C16H24BNO7/c18-16(15(21)22,8-1-2-10-17(23)24)9-3-11-25-13-6-4-12(5-7-13)14(19)20/h4-7,23-24H,1-3,8-11,18H2,(H,19,20)(H,21,22). The molecule has 1 unspecified atom stereocenters. The minimum atomic E-state index is -1.39. The highest BCUT2D eigenvalue weighted by molar-refractivity contribution is 6.40. The molecule has 25 heavy (non-hydrogen) atoms. The van der Waals surface area contributed by atoms with Gasteiger partial charge in [-0.2, -0.15) is 0 Å². The molecule has 1 atom stereocenters. The Labute approximate surface area is 146 Å². The zero-order valence-corrected chi connectivity index (χ0v) is 13.9. The van der Waals surface area contributed by atoms with E-state index in [1.807, 2.05) is 0 Å². The average Bonchev–Trinajstić information content (AvgIpc) is 2.55. The van der Waals surface area contributed by atoms with Gasteiger partial charge in [-0.3, -0.25) is 4.79 Å². The van der Waals surface area contributed by atoms with Crippen molar-refractivity contribution in [1.29, 1.82) is 0 Å². The van der Waals surface area contributed by atoms with Crippen molar-refractivity contribution >= 4 is 19.1 Å². The van der Waals surface area contributed by atoms with E-state index in [9.17, 15) is 14.7 Å². The number of nitrogens with two attached hydrogens (primary N) is 1. The van der Waals surface area contributed by atoms with Gasteiger partial charge in [-0.1, -0.05) is 12.8 Å². The van der Waals surface area contributed by atoms with Gasteiger partial charge in [-0.25, -0.2) is 4.79 Å². The van der Waals surface area contributed by atoms with Crippen LogP contribution in [0.15, 0.2) is 24.3 Å². The molecule has 138 valence electrons. The molecule has 1 aromatic carbocycles. The molecule has 1 aromatic rings. The van der Waals surface area contributed by atoms with Gasteiger partial charge in [0.15, 0.2) is 0 Å². The summed E-state index contributed by atoms with van der Waals surface area (Å²) < 4.78 is 5.47. The first-order valence-corrected chi connectivity index (χ1v) is 8.09. The summed E-state index contributed by atoms with van der Waals surface area (Å²) in [7, 11) is -1.39. The monoisotopic (exact) mass is 353 g/mol. The van der Waals surface area contributed by atoms with Crippen LogP contribution in [0.25, 0.3) is 0 Å². The van der Waals surface area contributed by atoms with Crippen LogP contribution in [0.2, 0.25) is 6.32 Å². The molecule has 0 saturated heterocycles. The van der Waals surface area contributed by atoms with Gasteiger partial charge in [0.2, 0.25) is 0 Å². The lowest BCUT2D eigenvalue weighted by molar-refractivity contribution is -0.144. The predicted octanol–water partition coefficient (Wildman–Crippen LogP) is 0.969. The van der Waals surface area contributed by atoms with Crippen molar-refractivity contribution in [2.45, 2.75) is 44.0 Å². The molecular formula is C16H24BNO7. The van der Waals surface area contributed by atoms with Gasteiger partial charge in [-0.15, -0.1) is 0 Å². The second-order valence-corrected chi connectivity index (χ2v) is 5.97. The van der Waals surface area contributed by atoms with E-state index in [1.54, 1.807) is 0 Å². The first kappa shape index (κ1) is 20.9. The number of carbonyl (C=O) groups is 2. The summed E-state index contributed by atoms with van der Waals surface area (Å²) in [5.41, 5.74) is 4.73. The zero-order chi connectivity index (χ0) is 18.9. The lowest BCUT2D eigenvalue weighted by atomic mass is 9.81. The number of rotatable bonds is 12. The van der Waals surface area contributed by atoms with Crippen molar-refractivity contribution in [1.82, 2.24) is 0 Å². The summed E-state index contributed by atoms with van der Waals surface area (Å²) in [6.45, 7) is 0.258. The maximum absolute atomic E-state index is 11.4. The largest absolute Gasteiger partial charge is 0.494 e. The molecular weight excluding hydrogens is 329 g/mol. The van der Waals surface area contributed by atoms with Gasteiger partial charge in [0.1, 0.15) is 11.3 Å². The van der Waals surface area contributed by atoms with Crippen molar-refractivity contribution in [3.63, 3.8) is 0 Å². The third-order valence-corrected chi connectivity index (χ3v) is 3.90. The second kappa shape index (κ2) is 10.0. The van der Waals surface area contributed by atoms with Gasteiger partial charge in [-0.05, 0) is 49.8 Å².